The van der Waals surface area contributed by atoms with Crippen LogP contribution in [-0.2, 0) is 0 Å². The SMILES string of the molecule is O=[N+]([O-])c1ccc(Sc2ccc([I-]c3ccccc3)cc2)c([N+](=O)[O-])c1. The van der Waals surface area contributed by atoms with Crippen LogP contribution in [0.2, 0.25) is 0 Å². The number of nitrogens with zero attached hydrogens (tertiary/aromatic N) is 2. The van der Waals surface area contributed by atoms with Crippen molar-refractivity contribution in [2.45, 2.75) is 9.79 Å². The summed E-state index contributed by atoms with van der Waals surface area (Å²) in [4.78, 5) is 22.0. The van der Waals surface area contributed by atoms with Crippen LogP contribution in [0.4, 0.5) is 11.4 Å². The third kappa shape index (κ3) is 4.58. The zero-order valence-electron chi connectivity index (χ0n) is 13.2. The van der Waals surface area contributed by atoms with Gasteiger partial charge in [0.05, 0.1) is 0 Å². The van der Waals surface area contributed by atoms with Gasteiger partial charge in [-0.1, -0.05) is 0 Å². The van der Waals surface area contributed by atoms with Gasteiger partial charge in [-0.2, -0.15) is 0 Å². The van der Waals surface area contributed by atoms with Gasteiger partial charge >= 0.3 is 164 Å². The molecule has 0 bridgehead atoms. The van der Waals surface area contributed by atoms with E-state index in [1.165, 1.54) is 31.0 Å². The molecule has 0 saturated heterocycles. The van der Waals surface area contributed by atoms with Crippen LogP contribution in [0.5, 0.6) is 0 Å². The van der Waals surface area contributed by atoms with Crippen molar-refractivity contribution in [3.8, 4) is 0 Å². The number of benzene rings is 3. The van der Waals surface area contributed by atoms with Crippen LogP contribution in [-0.4, -0.2) is 9.85 Å². The Kier molecular flexibility index (Phi) is 5.84. The molecule has 0 spiro atoms. The van der Waals surface area contributed by atoms with Gasteiger partial charge < -0.3 is 0 Å². The molecule has 3 aromatic carbocycles. The number of halogens is 1. The van der Waals surface area contributed by atoms with Crippen molar-refractivity contribution < 1.29 is 31.1 Å². The second-order valence-electron chi connectivity index (χ2n) is 5.11. The average Bonchev–Trinajstić information content (AvgIpc) is 2.64. The second kappa shape index (κ2) is 8.28. The van der Waals surface area contributed by atoms with Crippen LogP contribution in [0, 0.1) is 27.4 Å². The zero-order valence-corrected chi connectivity index (χ0v) is 16.2. The molecule has 0 fully saturated rings. The van der Waals surface area contributed by atoms with Crippen LogP contribution in [0.15, 0.2) is 82.6 Å². The molecule has 0 aromatic heterocycles. The van der Waals surface area contributed by atoms with Crippen LogP contribution >= 0.6 is 11.8 Å². The van der Waals surface area contributed by atoms with E-state index < -0.39 is 9.85 Å². The summed E-state index contributed by atoms with van der Waals surface area (Å²) in [6, 6.07) is 21.9. The van der Waals surface area contributed by atoms with Crippen LogP contribution in [0.25, 0.3) is 0 Å². The Labute approximate surface area is 163 Å². The van der Waals surface area contributed by atoms with Gasteiger partial charge in [-0.15, -0.1) is 0 Å². The molecule has 6 nitrogen and oxygen atoms in total. The van der Waals surface area contributed by atoms with Crippen LogP contribution < -0.4 is 21.2 Å². The Hall–Kier alpha value is -2.46. The molecule has 8 heteroatoms. The Balaban J connectivity index is 1.79. The predicted molar refractivity (Wildman–Crippen MR) is 94.2 cm³/mol. The number of nitro groups is 2. The summed E-state index contributed by atoms with van der Waals surface area (Å²) in [5.41, 5.74) is -0.547. The van der Waals surface area contributed by atoms with Gasteiger partial charge in [0.25, 0.3) is 0 Å². The Morgan fingerprint density at radius 2 is 1.42 bits per heavy atom. The van der Waals surface area contributed by atoms with Gasteiger partial charge in [-0.3, -0.25) is 0 Å². The van der Waals surface area contributed by atoms with Gasteiger partial charge in [0, 0.05) is 0 Å². The minimum absolute atomic E-state index is 0.259. The summed E-state index contributed by atoms with van der Waals surface area (Å²) < 4.78 is 2.57. The molecule has 0 saturated carbocycles. The van der Waals surface area contributed by atoms with Crippen molar-refractivity contribution in [1.29, 1.82) is 0 Å². The molecule has 3 rings (SSSR count). The maximum absolute atomic E-state index is 11.2. The van der Waals surface area contributed by atoms with Gasteiger partial charge in [0.2, 0.25) is 0 Å². The molecule has 3 aromatic rings. The Morgan fingerprint density at radius 1 is 0.769 bits per heavy atom. The first-order valence-corrected chi connectivity index (χ1v) is 10.4. The van der Waals surface area contributed by atoms with Gasteiger partial charge in [0.15, 0.2) is 0 Å². The van der Waals surface area contributed by atoms with Crippen molar-refractivity contribution >= 4 is 23.1 Å². The fourth-order valence-electron chi connectivity index (χ4n) is 2.14. The average molecular weight is 479 g/mol. The zero-order chi connectivity index (χ0) is 18.5. The third-order valence-electron chi connectivity index (χ3n) is 3.34. The molecule has 0 radical (unpaired) electrons. The molecule has 0 N–H and O–H groups in total. The molecular weight excluding hydrogens is 467 g/mol. The molecule has 0 heterocycles. The van der Waals surface area contributed by atoms with Gasteiger partial charge in [-0.25, -0.2) is 0 Å². The summed E-state index contributed by atoms with van der Waals surface area (Å²) in [5, 5.41) is 22.0. The molecule has 0 unspecified atom stereocenters. The van der Waals surface area contributed by atoms with Crippen molar-refractivity contribution in [2.75, 3.05) is 0 Å². The van der Waals surface area contributed by atoms with E-state index in [0.717, 1.165) is 11.0 Å². The minimum atomic E-state index is -0.635. The molecule has 26 heavy (non-hydrogen) atoms. The summed E-state index contributed by atoms with van der Waals surface area (Å²) >= 11 is 0.960. The second-order valence-corrected chi connectivity index (χ2v) is 9.26. The first-order chi connectivity index (χ1) is 12.5. The van der Waals surface area contributed by atoms with E-state index in [-0.39, 0.29) is 32.6 Å². The standard InChI is InChI=1S/C18H12IN2O4S/c22-20(23)15-8-11-18(17(12-15)21(24)25)26-16-9-6-14(7-10-16)19-13-4-2-1-3-5-13/h1-12H/q-1. The number of rotatable bonds is 6. The van der Waals surface area contributed by atoms with Gasteiger partial charge in [0.1, 0.15) is 0 Å². The van der Waals surface area contributed by atoms with E-state index in [4.69, 9.17) is 0 Å². The monoisotopic (exact) mass is 479 g/mol. The van der Waals surface area contributed by atoms with Crippen molar-refractivity contribution in [1.82, 2.24) is 0 Å². The molecule has 0 aliphatic heterocycles. The third-order valence-corrected chi connectivity index (χ3v) is 7.10. The molecular formula is C18H12IN2O4S-. The van der Waals surface area contributed by atoms with E-state index >= 15 is 0 Å². The number of non-ortho nitro benzene ring substituents is 1. The van der Waals surface area contributed by atoms with Crippen LogP contribution in [0.3, 0.4) is 0 Å². The first-order valence-electron chi connectivity index (χ1n) is 7.43. The predicted octanol–water partition coefficient (Wildman–Crippen LogP) is 1.78. The number of hydrogen-bond acceptors (Lipinski definition) is 5. The number of nitro benzene ring substituents is 2. The van der Waals surface area contributed by atoms with Crippen molar-refractivity contribution in [3.05, 3.63) is 100 Å². The Morgan fingerprint density at radius 3 is 2.04 bits per heavy atom. The fraction of sp³-hybridized carbons (Fsp3) is 0. The fourth-order valence-corrected chi connectivity index (χ4v) is 5.26. The molecule has 0 aliphatic carbocycles. The molecule has 132 valence electrons. The van der Waals surface area contributed by atoms with Crippen molar-refractivity contribution in [2.24, 2.45) is 0 Å². The number of hydrogen-bond donors (Lipinski definition) is 0. The van der Waals surface area contributed by atoms with Crippen molar-refractivity contribution in [3.63, 3.8) is 0 Å². The quantitative estimate of drug-likeness (QED) is 0.306. The van der Waals surface area contributed by atoms with Crippen LogP contribution in [0.1, 0.15) is 0 Å². The maximum atomic E-state index is 11.2. The summed E-state index contributed by atoms with van der Waals surface area (Å²) in [6.07, 6.45) is 0. The van der Waals surface area contributed by atoms with E-state index in [1.54, 1.807) is 0 Å². The molecule has 0 amide bonds. The van der Waals surface area contributed by atoms with E-state index in [0.29, 0.717) is 4.90 Å². The first kappa shape index (κ1) is 18.3. The van der Waals surface area contributed by atoms with E-state index in [2.05, 4.69) is 12.1 Å². The summed E-state index contributed by atoms with van der Waals surface area (Å²) in [6.45, 7) is 0. The summed E-state index contributed by atoms with van der Waals surface area (Å²) in [7, 11) is 0. The molecule has 0 atom stereocenters. The normalized spacial score (nSPS) is 10.6. The van der Waals surface area contributed by atoms with E-state index in [1.807, 2.05) is 42.5 Å². The topological polar surface area (TPSA) is 86.3 Å². The van der Waals surface area contributed by atoms with Gasteiger partial charge in [-0.05, 0) is 0 Å². The van der Waals surface area contributed by atoms with E-state index in [9.17, 15) is 20.2 Å². The molecule has 0 aliphatic rings. The Bertz CT molecular complexity index is 949. The summed E-state index contributed by atoms with van der Waals surface area (Å²) in [5.74, 6) is 0.